The number of likely N-dealkylation sites (N-methyl/N-ethyl adjacent to an activating group) is 1. The van der Waals surface area contributed by atoms with Crippen LogP contribution in [0.3, 0.4) is 0 Å². The molecule has 0 radical (unpaired) electrons. The monoisotopic (exact) mass is 455 g/mol. The molecule has 0 aliphatic carbocycles. The molecule has 4 rings (SSSR count). The summed E-state index contributed by atoms with van der Waals surface area (Å²) < 4.78 is 11.4. The molecule has 3 aromatic heterocycles. The molecule has 3 N–H and O–H groups in total. The zero-order valence-electron chi connectivity index (χ0n) is 18.3. The second-order valence-electron chi connectivity index (χ2n) is 7.26. The van der Waals surface area contributed by atoms with E-state index < -0.39 is 0 Å². The maximum atomic E-state index is 5.79. The van der Waals surface area contributed by atoms with Crippen molar-refractivity contribution in [3.8, 4) is 22.9 Å². The predicted octanol–water partition coefficient (Wildman–Crippen LogP) is 2.66. The molecule has 170 valence electrons. The molecule has 0 saturated heterocycles. The van der Waals surface area contributed by atoms with Crippen molar-refractivity contribution in [2.24, 2.45) is 0 Å². The zero-order valence-corrected chi connectivity index (χ0v) is 19.3. The average Bonchev–Trinajstić information content (AvgIpc) is 2.83. The molecule has 32 heavy (non-hydrogen) atoms. The van der Waals surface area contributed by atoms with Gasteiger partial charge in [-0.05, 0) is 25.2 Å². The molecule has 3 aromatic rings. The van der Waals surface area contributed by atoms with Crippen molar-refractivity contribution in [2.75, 3.05) is 50.5 Å². The van der Waals surface area contributed by atoms with Gasteiger partial charge in [0.15, 0.2) is 5.75 Å². The van der Waals surface area contributed by atoms with Crippen LogP contribution in [0.2, 0.25) is 0 Å². The van der Waals surface area contributed by atoms with Gasteiger partial charge in [-0.1, -0.05) is 6.92 Å². The lowest BCUT2D eigenvalue weighted by molar-refractivity contribution is 0.162. The Bertz CT molecular complexity index is 1000. The molecule has 0 unspecified atom stereocenters. The van der Waals surface area contributed by atoms with Gasteiger partial charge >= 0.3 is 0 Å². The largest absolute Gasteiger partial charge is 0.484 e. The van der Waals surface area contributed by atoms with Crippen LogP contribution in [0.1, 0.15) is 18.4 Å². The van der Waals surface area contributed by atoms with E-state index in [2.05, 4.69) is 42.8 Å². The van der Waals surface area contributed by atoms with Gasteiger partial charge in [-0.3, -0.25) is 0 Å². The van der Waals surface area contributed by atoms with E-state index in [4.69, 9.17) is 9.47 Å². The van der Waals surface area contributed by atoms with Crippen LogP contribution in [-0.2, 0) is 0 Å². The van der Waals surface area contributed by atoms with E-state index in [0.29, 0.717) is 25.6 Å². The van der Waals surface area contributed by atoms with Gasteiger partial charge in [0.05, 0.1) is 5.69 Å². The van der Waals surface area contributed by atoms with E-state index >= 15 is 0 Å². The summed E-state index contributed by atoms with van der Waals surface area (Å²) in [5, 5.41) is 9.76. The Morgan fingerprint density at radius 1 is 0.969 bits per heavy atom. The summed E-state index contributed by atoms with van der Waals surface area (Å²) in [4.78, 5) is 17.5. The third kappa shape index (κ3) is 5.77. The van der Waals surface area contributed by atoms with Gasteiger partial charge in [0.2, 0.25) is 0 Å². The fourth-order valence-corrected chi connectivity index (χ4v) is 3.31. The smallest absolute Gasteiger partial charge is 0.257 e. The van der Waals surface area contributed by atoms with Crippen molar-refractivity contribution in [2.45, 2.75) is 12.8 Å². The molecule has 0 saturated carbocycles. The number of hydrogen-bond acceptors (Lipinski definition) is 9. The lowest BCUT2D eigenvalue weighted by Crippen LogP contribution is -2.19. The molecular weight excluding hydrogens is 426 g/mol. The number of fused-ring (bicyclic) bond motifs is 1. The van der Waals surface area contributed by atoms with E-state index in [1.54, 1.807) is 12.5 Å². The van der Waals surface area contributed by atoms with Gasteiger partial charge in [-0.2, -0.15) is 13.5 Å². The SMILES string of the molecule is CNCCNc1ccc(-c2cc(NC[C@@H](C)c3ccnc4c3OCCO4)ncn2)cn1.S. The van der Waals surface area contributed by atoms with Crippen LogP contribution in [0.5, 0.6) is 11.6 Å². The number of aromatic nitrogens is 4. The van der Waals surface area contributed by atoms with Gasteiger partial charge in [0, 0.05) is 55.1 Å². The van der Waals surface area contributed by atoms with Crippen molar-refractivity contribution < 1.29 is 9.47 Å². The van der Waals surface area contributed by atoms with Crippen LogP contribution in [0, 0.1) is 0 Å². The van der Waals surface area contributed by atoms with E-state index in [-0.39, 0.29) is 19.4 Å². The summed E-state index contributed by atoms with van der Waals surface area (Å²) in [5.74, 6) is 3.08. The number of nitrogens with zero attached hydrogens (tertiary/aromatic N) is 4. The van der Waals surface area contributed by atoms with Crippen LogP contribution >= 0.6 is 13.5 Å². The molecule has 0 spiro atoms. The summed E-state index contributed by atoms with van der Waals surface area (Å²) >= 11 is 0. The summed E-state index contributed by atoms with van der Waals surface area (Å²) in [6.45, 7) is 5.58. The first-order chi connectivity index (χ1) is 15.2. The van der Waals surface area contributed by atoms with Crippen molar-refractivity contribution >= 4 is 25.1 Å². The maximum absolute atomic E-state index is 5.79. The topological polar surface area (TPSA) is 106 Å². The quantitative estimate of drug-likeness (QED) is 0.420. The minimum Gasteiger partial charge on any atom is -0.484 e. The van der Waals surface area contributed by atoms with Crippen LogP contribution < -0.4 is 25.4 Å². The highest BCUT2D eigenvalue weighted by atomic mass is 32.1. The predicted molar refractivity (Wildman–Crippen MR) is 130 cm³/mol. The maximum Gasteiger partial charge on any atom is 0.257 e. The summed E-state index contributed by atoms with van der Waals surface area (Å²) in [7, 11) is 1.92. The fourth-order valence-electron chi connectivity index (χ4n) is 3.31. The first-order valence-corrected chi connectivity index (χ1v) is 10.4. The van der Waals surface area contributed by atoms with Gasteiger partial charge in [-0.25, -0.2) is 19.9 Å². The van der Waals surface area contributed by atoms with E-state index in [9.17, 15) is 0 Å². The Balaban J connectivity index is 0.00000289. The normalized spacial score (nSPS) is 13.1. The second-order valence-corrected chi connectivity index (χ2v) is 7.26. The third-order valence-electron chi connectivity index (χ3n) is 5.00. The average molecular weight is 456 g/mol. The Labute approximate surface area is 194 Å². The molecule has 1 atom stereocenters. The molecule has 9 nitrogen and oxygen atoms in total. The van der Waals surface area contributed by atoms with E-state index in [1.807, 2.05) is 37.5 Å². The minimum atomic E-state index is 0. The number of anilines is 2. The van der Waals surface area contributed by atoms with E-state index in [0.717, 1.165) is 47.3 Å². The highest BCUT2D eigenvalue weighted by Crippen LogP contribution is 2.35. The Hall–Kier alpha value is -3.11. The van der Waals surface area contributed by atoms with Crippen molar-refractivity contribution in [3.63, 3.8) is 0 Å². The molecule has 4 heterocycles. The van der Waals surface area contributed by atoms with Crippen LogP contribution in [-0.4, -0.2) is 59.8 Å². The standard InChI is InChI=1S/C22H27N7O2.H2S/c1-15(17-5-6-25-22-21(17)30-9-10-31-22)12-26-20-11-18(28-14-29-20)16-3-4-19(27-13-16)24-8-7-23-2;/h3-6,11,13-15,23H,7-10,12H2,1-2H3,(H,24,27)(H,26,28,29);1H2/t15-;/m1./s1. The van der Waals surface area contributed by atoms with Gasteiger partial charge in [-0.15, -0.1) is 0 Å². The molecule has 1 aliphatic heterocycles. The number of ether oxygens (including phenoxy) is 2. The van der Waals surface area contributed by atoms with Gasteiger partial charge in [0.1, 0.15) is 31.2 Å². The zero-order chi connectivity index (χ0) is 21.5. The lowest BCUT2D eigenvalue weighted by atomic mass is 10.0. The Kier molecular flexibility index (Phi) is 8.46. The molecular formula is C22H29N7O2S. The molecule has 0 bridgehead atoms. The van der Waals surface area contributed by atoms with Crippen molar-refractivity contribution in [1.29, 1.82) is 0 Å². The number of pyridine rings is 2. The van der Waals surface area contributed by atoms with Gasteiger partial charge < -0.3 is 25.4 Å². The van der Waals surface area contributed by atoms with Crippen LogP contribution in [0.4, 0.5) is 11.6 Å². The molecule has 0 aromatic carbocycles. The van der Waals surface area contributed by atoms with Gasteiger partial charge in [0.25, 0.3) is 5.88 Å². The molecule has 10 heteroatoms. The fraction of sp³-hybridized carbons (Fsp3) is 0.364. The number of rotatable bonds is 9. The molecule has 1 aliphatic rings. The summed E-state index contributed by atoms with van der Waals surface area (Å²) in [6, 6.07) is 7.86. The Morgan fingerprint density at radius 2 is 1.84 bits per heavy atom. The first kappa shape index (κ1) is 23.6. The highest BCUT2D eigenvalue weighted by molar-refractivity contribution is 7.59. The van der Waals surface area contributed by atoms with E-state index in [1.165, 1.54) is 0 Å². The molecule has 0 fully saturated rings. The van der Waals surface area contributed by atoms with Crippen LogP contribution in [0.25, 0.3) is 11.3 Å². The number of hydrogen-bond donors (Lipinski definition) is 3. The van der Waals surface area contributed by atoms with Crippen LogP contribution in [0.15, 0.2) is 43.0 Å². The summed E-state index contributed by atoms with van der Waals surface area (Å²) in [6.07, 6.45) is 5.14. The molecule has 0 amide bonds. The minimum absolute atomic E-state index is 0. The van der Waals surface area contributed by atoms with Crippen molar-refractivity contribution in [3.05, 3.63) is 48.5 Å². The second kappa shape index (κ2) is 11.5. The highest BCUT2D eigenvalue weighted by Gasteiger charge is 2.20. The third-order valence-corrected chi connectivity index (χ3v) is 5.00. The number of nitrogens with one attached hydrogen (secondary N) is 3. The first-order valence-electron chi connectivity index (χ1n) is 10.4. The lowest BCUT2D eigenvalue weighted by Gasteiger charge is -2.22. The van der Waals surface area contributed by atoms with Crippen molar-refractivity contribution in [1.82, 2.24) is 25.3 Å². The summed E-state index contributed by atoms with van der Waals surface area (Å²) in [5.41, 5.74) is 2.82. The Morgan fingerprint density at radius 3 is 2.66 bits per heavy atom.